The first-order valence-corrected chi connectivity index (χ1v) is 6.65. The number of fused-ring (bicyclic) bond motifs is 1. The molecule has 1 aliphatic heterocycles. The van der Waals surface area contributed by atoms with E-state index in [-0.39, 0.29) is 11.7 Å². The average Bonchev–Trinajstić information content (AvgIpc) is 2.40. The molecule has 1 aromatic rings. The van der Waals surface area contributed by atoms with Gasteiger partial charge in [0.1, 0.15) is 0 Å². The Balaban J connectivity index is 2.17. The first-order chi connectivity index (χ1) is 8.99. The highest BCUT2D eigenvalue weighted by Crippen LogP contribution is 2.27. The normalized spacial score (nSPS) is 14.7. The molecule has 1 N–H and O–H groups in total. The quantitative estimate of drug-likeness (QED) is 0.839. The van der Waals surface area contributed by atoms with Gasteiger partial charge in [-0.1, -0.05) is 13.8 Å². The number of carbonyl (C=O) groups is 2. The number of nitrogens with zero attached hydrogens (tertiary/aromatic N) is 1. The highest BCUT2D eigenvalue weighted by atomic mass is 16.2. The molecule has 0 fully saturated rings. The van der Waals surface area contributed by atoms with Gasteiger partial charge in [-0.2, -0.15) is 0 Å². The van der Waals surface area contributed by atoms with E-state index in [2.05, 4.69) is 5.32 Å². The van der Waals surface area contributed by atoms with Crippen LogP contribution >= 0.6 is 0 Å². The largest absolute Gasteiger partial charge is 0.315 e. The summed E-state index contributed by atoms with van der Waals surface area (Å²) in [6.45, 7) is 4.38. The van der Waals surface area contributed by atoms with Crippen LogP contribution in [0.15, 0.2) is 18.2 Å². The number of nitrogens with one attached hydrogen (secondary N) is 1. The Hall–Kier alpha value is -1.68. The van der Waals surface area contributed by atoms with Crippen molar-refractivity contribution in [3.05, 3.63) is 29.3 Å². The second-order valence-corrected chi connectivity index (χ2v) is 5.26. The topological polar surface area (TPSA) is 49.4 Å². The van der Waals surface area contributed by atoms with Crippen molar-refractivity contribution in [1.82, 2.24) is 5.32 Å². The number of hydrogen-bond acceptors (Lipinski definition) is 3. The van der Waals surface area contributed by atoms with E-state index in [0.717, 1.165) is 23.2 Å². The fourth-order valence-electron chi connectivity index (χ4n) is 2.23. The maximum absolute atomic E-state index is 12.0. The average molecular weight is 260 g/mol. The van der Waals surface area contributed by atoms with E-state index in [9.17, 15) is 9.59 Å². The lowest BCUT2D eigenvalue weighted by Gasteiger charge is -2.26. The van der Waals surface area contributed by atoms with Gasteiger partial charge in [-0.05, 0) is 30.2 Å². The van der Waals surface area contributed by atoms with Crippen LogP contribution in [0.1, 0.15) is 36.2 Å². The Morgan fingerprint density at radius 2 is 2.11 bits per heavy atom. The van der Waals surface area contributed by atoms with E-state index in [1.807, 2.05) is 26.0 Å². The van der Waals surface area contributed by atoms with Gasteiger partial charge in [-0.15, -0.1) is 0 Å². The van der Waals surface area contributed by atoms with E-state index in [0.29, 0.717) is 19.0 Å². The van der Waals surface area contributed by atoms with E-state index < -0.39 is 0 Å². The van der Waals surface area contributed by atoms with Crippen molar-refractivity contribution in [3.63, 3.8) is 0 Å². The molecule has 1 aliphatic rings. The maximum atomic E-state index is 12.0. The number of ketones is 1. The number of rotatable bonds is 4. The summed E-state index contributed by atoms with van der Waals surface area (Å²) < 4.78 is 0. The summed E-state index contributed by atoms with van der Waals surface area (Å²) in [6, 6.07) is 5.89. The van der Waals surface area contributed by atoms with Gasteiger partial charge in [0.2, 0.25) is 5.91 Å². The van der Waals surface area contributed by atoms with Crippen molar-refractivity contribution in [2.24, 2.45) is 0 Å². The standard InChI is InChI=1S/C15H20N2O2/c1-10(2)16-9-14(18)12-4-6-13-11(8-12)5-7-15(19)17(13)3/h4,6,8,10,16H,5,7,9H2,1-3H3. The molecule has 0 aliphatic carbocycles. The zero-order chi connectivity index (χ0) is 14.0. The zero-order valence-corrected chi connectivity index (χ0v) is 11.7. The summed E-state index contributed by atoms with van der Waals surface area (Å²) in [5, 5.41) is 3.13. The van der Waals surface area contributed by atoms with Gasteiger partial charge < -0.3 is 10.2 Å². The van der Waals surface area contributed by atoms with Crippen LogP contribution in [0, 0.1) is 0 Å². The molecule has 4 nitrogen and oxygen atoms in total. The first-order valence-electron chi connectivity index (χ1n) is 6.65. The first kappa shape index (κ1) is 13.7. The highest BCUT2D eigenvalue weighted by Gasteiger charge is 2.21. The summed E-state index contributed by atoms with van der Waals surface area (Å²) in [4.78, 5) is 25.3. The zero-order valence-electron chi connectivity index (χ0n) is 11.7. The van der Waals surface area contributed by atoms with E-state index in [1.54, 1.807) is 18.0 Å². The Morgan fingerprint density at radius 1 is 1.37 bits per heavy atom. The maximum Gasteiger partial charge on any atom is 0.227 e. The molecular weight excluding hydrogens is 240 g/mol. The number of Topliss-reactive ketones (excluding diaryl/α,β-unsaturated/α-hetero) is 1. The van der Waals surface area contributed by atoms with Gasteiger partial charge in [0.25, 0.3) is 0 Å². The van der Waals surface area contributed by atoms with Gasteiger partial charge in [-0.25, -0.2) is 0 Å². The van der Waals surface area contributed by atoms with Gasteiger partial charge in [0.15, 0.2) is 5.78 Å². The predicted octanol–water partition coefficient (Wildman–Crippen LogP) is 1.78. The van der Waals surface area contributed by atoms with Crippen LogP contribution in [-0.4, -0.2) is 31.3 Å². The Morgan fingerprint density at radius 3 is 2.79 bits per heavy atom. The number of hydrogen-bond donors (Lipinski definition) is 1. The van der Waals surface area contributed by atoms with E-state index >= 15 is 0 Å². The molecular formula is C15H20N2O2. The molecule has 4 heteroatoms. The molecule has 1 amide bonds. The number of aryl methyl sites for hydroxylation is 1. The molecule has 0 unspecified atom stereocenters. The third-order valence-corrected chi connectivity index (χ3v) is 3.42. The van der Waals surface area contributed by atoms with Crippen LogP contribution in [0.5, 0.6) is 0 Å². The summed E-state index contributed by atoms with van der Waals surface area (Å²) in [5.41, 5.74) is 2.72. The molecule has 102 valence electrons. The minimum absolute atomic E-state index is 0.0936. The van der Waals surface area contributed by atoms with Crippen molar-refractivity contribution in [3.8, 4) is 0 Å². The number of amides is 1. The van der Waals surface area contributed by atoms with Gasteiger partial charge in [0, 0.05) is 30.8 Å². The lowest BCUT2D eigenvalue weighted by Crippen LogP contribution is -2.32. The second kappa shape index (κ2) is 5.53. The van der Waals surface area contributed by atoms with Crippen LogP contribution in [0.25, 0.3) is 0 Å². The van der Waals surface area contributed by atoms with Gasteiger partial charge >= 0.3 is 0 Å². The molecule has 1 aromatic carbocycles. The SMILES string of the molecule is CC(C)NCC(=O)c1ccc2c(c1)CCC(=O)N2C. The van der Waals surface area contributed by atoms with E-state index in [4.69, 9.17) is 0 Å². The lowest BCUT2D eigenvalue weighted by molar-refractivity contribution is -0.118. The van der Waals surface area contributed by atoms with Crippen molar-refractivity contribution >= 4 is 17.4 Å². The summed E-state index contributed by atoms with van der Waals surface area (Å²) in [6.07, 6.45) is 1.24. The predicted molar refractivity (Wildman–Crippen MR) is 75.6 cm³/mol. The molecule has 0 aromatic heterocycles. The summed E-state index contributed by atoms with van der Waals surface area (Å²) in [7, 11) is 1.78. The Bertz CT molecular complexity index is 509. The van der Waals surface area contributed by atoms with Crippen LogP contribution in [0.2, 0.25) is 0 Å². The number of anilines is 1. The minimum atomic E-state index is 0.0936. The van der Waals surface area contributed by atoms with Crippen molar-refractivity contribution in [2.75, 3.05) is 18.5 Å². The fourth-order valence-corrected chi connectivity index (χ4v) is 2.23. The Kier molecular flexibility index (Phi) is 4.00. The highest BCUT2D eigenvalue weighted by molar-refractivity contribution is 6.00. The minimum Gasteiger partial charge on any atom is -0.315 e. The third-order valence-electron chi connectivity index (χ3n) is 3.42. The molecule has 2 rings (SSSR count). The third kappa shape index (κ3) is 3.01. The van der Waals surface area contributed by atoms with Crippen LogP contribution in [0.4, 0.5) is 5.69 Å². The van der Waals surface area contributed by atoms with Crippen molar-refractivity contribution < 1.29 is 9.59 Å². The molecule has 0 saturated heterocycles. The van der Waals surface area contributed by atoms with Crippen molar-refractivity contribution in [1.29, 1.82) is 0 Å². The smallest absolute Gasteiger partial charge is 0.227 e. The molecule has 0 bridgehead atoms. The fraction of sp³-hybridized carbons (Fsp3) is 0.467. The summed E-state index contributed by atoms with van der Waals surface area (Å²) >= 11 is 0. The van der Waals surface area contributed by atoms with E-state index in [1.165, 1.54) is 0 Å². The van der Waals surface area contributed by atoms with Gasteiger partial charge in [0.05, 0.1) is 6.54 Å². The number of benzene rings is 1. The molecule has 0 spiro atoms. The molecule has 1 heterocycles. The Labute approximate surface area is 113 Å². The van der Waals surface area contributed by atoms with Crippen molar-refractivity contribution in [2.45, 2.75) is 32.7 Å². The summed E-state index contributed by atoms with van der Waals surface area (Å²) in [5.74, 6) is 0.226. The van der Waals surface area contributed by atoms with Crippen LogP contribution in [0.3, 0.4) is 0 Å². The molecule has 0 radical (unpaired) electrons. The number of carbonyl (C=O) groups excluding carboxylic acids is 2. The monoisotopic (exact) mass is 260 g/mol. The lowest BCUT2D eigenvalue weighted by atomic mass is 9.97. The van der Waals surface area contributed by atoms with Crippen LogP contribution in [-0.2, 0) is 11.2 Å². The molecule has 0 saturated carbocycles. The second-order valence-electron chi connectivity index (χ2n) is 5.26. The molecule has 19 heavy (non-hydrogen) atoms. The van der Waals surface area contributed by atoms with Crippen LogP contribution < -0.4 is 10.2 Å². The molecule has 0 atom stereocenters. The van der Waals surface area contributed by atoms with Gasteiger partial charge in [-0.3, -0.25) is 9.59 Å².